The molecule has 1 unspecified atom stereocenters. The van der Waals surface area contributed by atoms with E-state index in [-0.39, 0.29) is 17.4 Å². The molecule has 24 heavy (non-hydrogen) atoms. The summed E-state index contributed by atoms with van der Waals surface area (Å²) in [7, 11) is 3.45. The Kier molecular flexibility index (Phi) is 6.16. The predicted molar refractivity (Wildman–Crippen MR) is 94.8 cm³/mol. The van der Waals surface area contributed by atoms with Gasteiger partial charge in [-0.15, -0.1) is 0 Å². The first-order valence-corrected chi connectivity index (χ1v) is 7.88. The van der Waals surface area contributed by atoms with E-state index < -0.39 is 0 Å². The largest absolute Gasteiger partial charge is 0.335 e. The minimum Gasteiger partial charge on any atom is -0.335 e. The summed E-state index contributed by atoms with van der Waals surface area (Å²) in [6.45, 7) is 1.98. The van der Waals surface area contributed by atoms with Crippen molar-refractivity contribution < 1.29 is 4.79 Å². The summed E-state index contributed by atoms with van der Waals surface area (Å²) in [5.41, 5.74) is 2.75. The molecular weight excluding hydrogens is 324 g/mol. The van der Waals surface area contributed by atoms with E-state index in [2.05, 4.69) is 27.1 Å². The summed E-state index contributed by atoms with van der Waals surface area (Å²) in [6, 6.07) is 7.92. The molecule has 0 fully saturated rings. The lowest BCUT2D eigenvalue weighted by Crippen LogP contribution is -2.40. The van der Waals surface area contributed by atoms with Gasteiger partial charge in [0.25, 0.3) is 0 Å². The standard InChI is InChI=1S/C18H19ClN4O/c1-13(22-18(24)23(2)3)10-15-7-4-14(5-8-15)6-9-16-11-20-17(19)21-12-16/h4-5,7-8,11-13H,10H2,1-3H3,(H,22,24). The van der Waals surface area contributed by atoms with Gasteiger partial charge in [0.15, 0.2) is 0 Å². The third-order valence-corrected chi connectivity index (χ3v) is 3.44. The van der Waals surface area contributed by atoms with Crippen LogP contribution in [0.4, 0.5) is 4.79 Å². The van der Waals surface area contributed by atoms with Gasteiger partial charge >= 0.3 is 6.03 Å². The molecule has 0 aliphatic heterocycles. The molecule has 0 radical (unpaired) electrons. The van der Waals surface area contributed by atoms with Crippen LogP contribution in [0.5, 0.6) is 0 Å². The molecule has 1 aromatic carbocycles. The zero-order chi connectivity index (χ0) is 17.5. The zero-order valence-corrected chi connectivity index (χ0v) is 14.6. The normalized spacial score (nSPS) is 11.2. The highest BCUT2D eigenvalue weighted by Gasteiger charge is 2.09. The molecule has 0 aliphatic rings. The number of benzene rings is 1. The number of carbonyl (C=O) groups is 1. The molecule has 0 saturated heterocycles. The lowest BCUT2D eigenvalue weighted by atomic mass is 10.1. The summed E-state index contributed by atoms with van der Waals surface area (Å²) < 4.78 is 0. The smallest absolute Gasteiger partial charge is 0.317 e. The summed E-state index contributed by atoms with van der Waals surface area (Å²) in [5, 5.41) is 3.14. The predicted octanol–water partition coefficient (Wildman–Crippen LogP) is 2.73. The Morgan fingerprint density at radius 1 is 1.17 bits per heavy atom. The number of rotatable bonds is 3. The quantitative estimate of drug-likeness (QED) is 0.689. The molecule has 0 spiro atoms. The van der Waals surface area contributed by atoms with Crippen LogP contribution in [0.25, 0.3) is 0 Å². The van der Waals surface area contributed by atoms with Crippen molar-refractivity contribution in [3.05, 3.63) is 58.6 Å². The Bertz CT molecular complexity index is 745. The van der Waals surface area contributed by atoms with Crippen LogP contribution >= 0.6 is 11.6 Å². The maximum Gasteiger partial charge on any atom is 0.317 e. The lowest BCUT2D eigenvalue weighted by molar-refractivity contribution is 0.214. The summed E-state index contributed by atoms with van der Waals surface area (Å²) >= 11 is 5.64. The van der Waals surface area contributed by atoms with Crippen LogP contribution in [-0.4, -0.2) is 41.0 Å². The lowest BCUT2D eigenvalue weighted by Gasteiger charge is -2.17. The summed E-state index contributed by atoms with van der Waals surface area (Å²) in [5.74, 6) is 6.05. The minimum absolute atomic E-state index is 0.0584. The molecule has 2 aromatic rings. The van der Waals surface area contributed by atoms with Gasteiger partial charge in [0.1, 0.15) is 0 Å². The number of carbonyl (C=O) groups excluding carboxylic acids is 1. The molecule has 2 rings (SSSR count). The molecular formula is C18H19ClN4O. The Morgan fingerprint density at radius 3 is 2.33 bits per heavy atom. The fourth-order valence-electron chi connectivity index (χ4n) is 1.99. The Labute approximate surface area is 147 Å². The van der Waals surface area contributed by atoms with Crippen LogP contribution < -0.4 is 5.32 Å². The van der Waals surface area contributed by atoms with Gasteiger partial charge in [-0.25, -0.2) is 14.8 Å². The zero-order valence-electron chi connectivity index (χ0n) is 13.9. The molecule has 1 aromatic heterocycles. The van der Waals surface area contributed by atoms with Crippen molar-refractivity contribution in [2.24, 2.45) is 0 Å². The second kappa shape index (κ2) is 8.32. The Hall–Kier alpha value is -2.58. The first kappa shape index (κ1) is 17.8. The highest BCUT2D eigenvalue weighted by atomic mass is 35.5. The van der Waals surface area contributed by atoms with E-state index in [0.29, 0.717) is 5.56 Å². The van der Waals surface area contributed by atoms with Gasteiger partial charge in [-0.2, -0.15) is 0 Å². The first-order chi connectivity index (χ1) is 11.4. The van der Waals surface area contributed by atoms with Crippen LogP contribution in [0.1, 0.15) is 23.6 Å². The number of hydrogen-bond acceptors (Lipinski definition) is 3. The number of aromatic nitrogens is 2. The van der Waals surface area contributed by atoms with Crippen molar-refractivity contribution in [2.45, 2.75) is 19.4 Å². The highest BCUT2D eigenvalue weighted by molar-refractivity contribution is 6.28. The van der Waals surface area contributed by atoms with Crippen LogP contribution in [0.2, 0.25) is 5.28 Å². The average molecular weight is 343 g/mol. The fraction of sp³-hybridized carbons (Fsp3) is 0.278. The maximum atomic E-state index is 11.6. The van der Waals surface area contributed by atoms with E-state index in [1.54, 1.807) is 26.5 Å². The van der Waals surface area contributed by atoms with Gasteiger partial charge in [0.2, 0.25) is 5.28 Å². The topological polar surface area (TPSA) is 58.1 Å². The molecule has 1 atom stereocenters. The molecule has 0 saturated carbocycles. The van der Waals surface area contributed by atoms with Crippen molar-refractivity contribution in [1.82, 2.24) is 20.2 Å². The van der Waals surface area contributed by atoms with Crippen molar-refractivity contribution in [1.29, 1.82) is 0 Å². The summed E-state index contributed by atoms with van der Waals surface area (Å²) in [6.07, 6.45) is 3.94. The van der Waals surface area contributed by atoms with Crippen molar-refractivity contribution in [3.8, 4) is 11.8 Å². The molecule has 0 bridgehead atoms. The third-order valence-electron chi connectivity index (χ3n) is 3.24. The van der Waals surface area contributed by atoms with Crippen molar-refractivity contribution in [3.63, 3.8) is 0 Å². The number of nitrogens with one attached hydrogen (secondary N) is 1. The van der Waals surface area contributed by atoms with E-state index in [1.807, 2.05) is 31.2 Å². The van der Waals surface area contributed by atoms with Gasteiger partial charge in [-0.1, -0.05) is 24.0 Å². The molecule has 124 valence electrons. The van der Waals surface area contributed by atoms with Crippen molar-refractivity contribution in [2.75, 3.05) is 14.1 Å². The molecule has 1 heterocycles. The van der Waals surface area contributed by atoms with Crippen LogP contribution in [0.3, 0.4) is 0 Å². The van der Waals surface area contributed by atoms with E-state index in [0.717, 1.165) is 17.5 Å². The van der Waals surface area contributed by atoms with E-state index in [1.165, 1.54) is 4.90 Å². The first-order valence-electron chi connectivity index (χ1n) is 7.50. The monoisotopic (exact) mass is 342 g/mol. The van der Waals surface area contributed by atoms with Gasteiger partial charge in [-0.3, -0.25) is 0 Å². The highest BCUT2D eigenvalue weighted by Crippen LogP contribution is 2.07. The second-order valence-electron chi connectivity index (χ2n) is 5.64. The fourth-order valence-corrected chi connectivity index (χ4v) is 2.09. The molecule has 0 aliphatic carbocycles. The molecule has 6 heteroatoms. The average Bonchev–Trinajstić information content (AvgIpc) is 2.55. The molecule has 5 nitrogen and oxygen atoms in total. The SMILES string of the molecule is CC(Cc1ccc(C#Cc2cnc(Cl)nc2)cc1)NC(=O)N(C)C. The van der Waals surface area contributed by atoms with Gasteiger partial charge in [0.05, 0.1) is 5.56 Å². The van der Waals surface area contributed by atoms with Gasteiger partial charge < -0.3 is 10.2 Å². The number of nitrogens with zero attached hydrogens (tertiary/aromatic N) is 3. The van der Waals surface area contributed by atoms with Crippen LogP contribution in [0, 0.1) is 11.8 Å². The minimum atomic E-state index is -0.0878. The van der Waals surface area contributed by atoms with E-state index in [9.17, 15) is 4.79 Å². The summed E-state index contributed by atoms with van der Waals surface area (Å²) in [4.78, 5) is 20.9. The van der Waals surface area contributed by atoms with E-state index in [4.69, 9.17) is 11.6 Å². The Morgan fingerprint density at radius 2 is 1.75 bits per heavy atom. The van der Waals surface area contributed by atoms with Gasteiger partial charge in [-0.05, 0) is 42.6 Å². The Balaban J connectivity index is 1.96. The number of amides is 2. The van der Waals surface area contributed by atoms with Crippen LogP contribution in [-0.2, 0) is 6.42 Å². The number of urea groups is 1. The van der Waals surface area contributed by atoms with Crippen LogP contribution in [0.15, 0.2) is 36.7 Å². The second-order valence-corrected chi connectivity index (χ2v) is 5.97. The van der Waals surface area contributed by atoms with Crippen molar-refractivity contribution >= 4 is 17.6 Å². The molecule has 1 N–H and O–H groups in total. The third kappa shape index (κ3) is 5.56. The van der Waals surface area contributed by atoms with Gasteiger partial charge in [0, 0.05) is 38.1 Å². The maximum absolute atomic E-state index is 11.6. The van der Waals surface area contributed by atoms with E-state index >= 15 is 0 Å². The number of halogens is 1. The molecule has 2 amide bonds. The number of hydrogen-bond donors (Lipinski definition) is 1.